The lowest BCUT2D eigenvalue weighted by molar-refractivity contribution is 0.0962. The van der Waals surface area contributed by atoms with Gasteiger partial charge in [0.1, 0.15) is 11.3 Å². The molecule has 0 bridgehead atoms. The standard InChI is InChI=1S/C19H21N3O5S/c1-10-6-7-12(24-2)15-17(10)28-19(20-15)22-21-18(23)11-8-13(25-3)16(27-5)14(9-11)26-4/h6-9H,1-5H3,(H,20,22)(H,21,23). The zero-order valence-electron chi connectivity index (χ0n) is 16.2. The van der Waals surface area contributed by atoms with E-state index in [1.54, 1.807) is 19.2 Å². The highest BCUT2D eigenvalue weighted by Gasteiger charge is 2.17. The Labute approximate surface area is 166 Å². The maximum atomic E-state index is 12.6. The Morgan fingerprint density at radius 1 is 0.964 bits per heavy atom. The number of ether oxygens (including phenoxy) is 4. The van der Waals surface area contributed by atoms with Crippen LogP contribution in [-0.2, 0) is 0 Å². The van der Waals surface area contributed by atoms with Crippen molar-refractivity contribution in [2.24, 2.45) is 0 Å². The molecule has 1 aromatic heterocycles. The Morgan fingerprint density at radius 2 is 1.61 bits per heavy atom. The predicted octanol–water partition coefficient (Wildman–Crippen LogP) is 3.40. The molecule has 0 saturated carbocycles. The van der Waals surface area contributed by atoms with Crippen LogP contribution in [0.2, 0.25) is 0 Å². The van der Waals surface area contributed by atoms with Gasteiger partial charge in [-0.3, -0.25) is 15.6 Å². The van der Waals surface area contributed by atoms with Gasteiger partial charge in [0.05, 0.1) is 33.1 Å². The van der Waals surface area contributed by atoms with Crippen LogP contribution in [-0.4, -0.2) is 39.3 Å². The van der Waals surface area contributed by atoms with Crippen molar-refractivity contribution in [2.45, 2.75) is 6.92 Å². The molecule has 8 nitrogen and oxygen atoms in total. The first-order chi connectivity index (χ1) is 13.5. The van der Waals surface area contributed by atoms with Crippen LogP contribution in [0.1, 0.15) is 15.9 Å². The number of nitrogens with zero attached hydrogens (tertiary/aromatic N) is 1. The third kappa shape index (κ3) is 3.61. The number of benzene rings is 2. The van der Waals surface area contributed by atoms with E-state index < -0.39 is 0 Å². The third-order valence-electron chi connectivity index (χ3n) is 4.13. The van der Waals surface area contributed by atoms with Gasteiger partial charge in [0, 0.05) is 5.56 Å². The topological polar surface area (TPSA) is 90.9 Å². The maximum absolute atomic E-state index is 12.6. The average molecular weight is 403 g/mol. The van der Waals surface area contributed by atoms with Crippen molar-refractivity contribution in [1.82, 2.24) is 10.4 Å². The molecule has 1 amide bonds. The SMILES string of the molecule is COc1cc(C(=O)NNc2nc3c(OC)ccc(C)c3s2)cc(OC)c1OC. The number of amides is 1. The highest BCUT2D eigenvalue weighted by atomic mass is 32.1. The van der Waals surface area contributed by atoms with E-state index in [1.807, 2.05) is 19.1 Å². The van der Waals surface area contributed by atoms with Crippen molar-refractivity contribution in [3.05, 3.63) is 35.4 Å². The molecule has 9 heteroatoms. The van der Waals surface area contributed by atoms with Gasteiger partial charge in [-0.25, -0.2) is 4.98 Å². The molecule has 0 saturated heterocycles. The lowest BCUT2D eigenvalue weighted by Gasteiger charge is -2.14. The molecule has 0 aliphatic carbocycles. The molecule has 148 valence electrons. The second kappa shape index (κ2) is 8.22. The van der Waals surface area contributed by atoms with Crippen molar-refractivity contribution in [3.63, 3.8) is 0 Å². The molecule has 0 unspecified atom stereocenters. The summed E-state index contributed by atoms with van der Waals surface area (Å²) in [5, 5.41) is 0.545. The van der Waals surface area contributed by atoms with Crippen LogP contribution in [0.25, 0.3) is 10.2 Å². The van der Waals surface area contributed by atoms with E-state index in [-0.39, 0.29) is 5.91 Å². The summed E-state index contributed by atoms with van der Waals surface area (Å²) >= 11 is 1.43. The molecular weight excluding hydrogens is 382 g/mol. The van der Waals surface area contributed by atoms with Crippen LogP contribution < -0.4 is 29.8 Å². The second-order valence-corrected chi connectivity index (χ2v) is 6.77. The number of fused-ring (bicyclic) bond motifs is 1. The minimum atomic E-state index is -0.373. The van der Waals surface area contributed by atoms with Crippen LogP contribution in [0.4, 0.5) is 5.13 Å². The van der Waals surface area contributed by atoms with E-state index in [0.29, 0.717) is 33.7 Å². The van der Waals surface area contributed by atoms with Gasteiger partial charge in [0.2, 0.25) is 10.9 Å². The van der Waals surface area contributed by atoms with Crippen LogP contribution in [0.5, 0.6) is 23.0 Å². The van der Waals surface area contributed by atoms with Gasteiger partial charge in [0.15, 0.2) is 11.5 Å². The third-order valence-corrected chi connectivity index (χ3v) is 5.24. The van der Waals surface area contributed by atoms with Gasteiger partial charge >= 0.3 is 0 Å². The minimum absolute atomic E-state index is 0.344. The first kappa shape index (κ1) is 19.6. The smallest absolute Gasteiger partial charge is 0.269 e. The lowest BCUT2D eigenvalue weighted by Crippen LogP contribution is -2.29. The maximum Gasteiger partial charge on any atom is 0.269 e. The quantitative estimate of drug-likeness (QED) is 0.584. The van der Waals surface area contributed by atoms with E-state index in [4.69, 9.17) is 18.9 Å². The number of thiazole rings is 1. The van der Waals surface area contributed by atoms with Gasteiger partial charge in [-0.1, -0.05) is 17.4 Å². The second-order valence-electron chi connectivity index (χ2n) is 5.77. The summed E-state index contributed by atoms with van der Waals surface area (Å²) in [6, 6.07) is 6.99. The molecule has 0 radical (unpaired) electrons. The van der Waals surface area contributed by atoms with Gasteiger partial charge in [-0.15, -0.1) is 0 Å². The molecule has 3 rings (SSSR count). The summed E-state index contributed by atoms with van der Waals surface area (Å²) in [7, 11) is 6.09. The predicted molar refractivity (Wildman–Crippen MR) is 108 cm³/mol. The number of carbonyl (C=O) groups excluding carboxylic acids is 1. The number of hydrogen-bond donors (Lipinski definition) is 2. The number of aromatic nitrogens is 1. The molecule has 0 atom stereocenters. The fourth-order valence-corrected chi connectivity index (χ4v) is 3.63. The molecular formula is C19H21N3O5S. The Morgan fingerprint density at radius 3 is 2.18 bits per heavy atom. The number of hydrogen-bond acceptors (Lipinski definition) is 8. The first-order valence-corrected chi connectivity index (χ1v) is 9.14. The van der Waals surface area contributed by atoms with Crippen molar-refractivity contribution in [2.75, 3.05) is 33.9 Å². The Kier molecular flexibility index (Phi) is 5.74. The van der Waals surface area contributed by atoms with E-state index in [2.05, 4.69) is 15.8 Å². The molecule has 0 fully saturated rings. The van der Waals surface area contributed by atoms with Gasteiger partial charge < -0.3 is 18.9 Å². The molecule has 0 aliphatic rings. The fraction of sp³-hybridized carbons (Fsp3) is 0.263. The monoisotopic (exact) mass is 403 g/mol. The van der Waals surface area contributed by atoms with E-state index >= 15 is 0 Å². The molecule has 0 spiro atoms. The molecule has 2 N–H and O–H groups in total. The zero-order valence-corrected chi connectivity index (χ0v) is 17.0. The molecule has 0 aliphatic heterocycles. The summed E-state index contributed by atoms with van der Waals surface area (Å²) in [4.78, 5) is 17.1. The molecule has 3 aromatic rings. The summed E-state index contributed by atoms with van der Waals surface area (Å²) in [5.41, 5.74) is 7.67. The minimum Gasteiger partial charge on any atom is -0.494 e. The summed E-state index contributed by atoms with van der Waals surface area (Å²) < 4.78 is 22.2. The Bertz CT molecular complexity index is 993. The van der Waals surface area contributed by atoms with Crippen LogP contribution in [0.3, 0.4) is 0 Å². The van der Waals surface area contributed by atoms with Crippen LogP contribution in [0, 0.1) is 6.92 Å². The summed E-state index contributed by atoms with van der Waals surface area (Å²) in [6.07, 6.45) is 0. The highest BCUT2D eigenvalue weighted by Crippen LogP contribution is 2.38. The van der Waals surface area contributed by atoms with Gasteiger partial charge in [-0.05, 0) is 30.7 Å². The van der Waals surface area contributed by atoms with Crippen molar-refractivity contribution < 1.29 is 23.7 Å². The van der Waals surface area contributed by atoms with Gasteiger partial charge in [0.25, 0.3) is 5.91 Å². The number of rotatable bonds is 7. The van der Waals surface area contributed by atoms with Gasteiger partial charge in [-0.2, -0.15) is 0 Å². The Balaban J connectivity index is 1.83. The van der Waals surface area contributed by atoms with Crippen molar-refractivity contribution >= 4 is 32.6 Å². The lowest BCUT2D eigenvalue weighted by atomic mass is 10.1. The van der Waals surface area contributed by atoms with E-state index in [1.165, 1.54) is 32.7 Å². The number of nitrogens with one attached hydrogen (secondary N) is 2. The number of anilines is 1. The summed E-state index contributed by atoms with van der Waals surface area (Å²) in [6.45, 7) is 2.00. The average Bonchev–Trinajstić information content (AvgIpc) is 3.16. The van der Waals surface area contributed by atoms with Crippen molar-refractivity contribution in [3.8, 4) is 23.0 Å². The van der Waals surface area contributed by atoms with Crippen LogP contribution in [0.15, 0.2) is 24.3 Å². The first-order valence-electron chi connectivity index (χ1n) is 8.32. The largest absolute Gasteiger partial charge is 0.494 e. The molecule has 2 aromatic carbocycles. The van der Waals surface area contributed by atoms with Crippen LogP contribution >= 0.6 is 11.3 Å². The summed E-state index contributed by atoms with van der Waals surface area (Å²) in [5.74, 6) is 1.52. The highest BCUT2D eigenvalue weighted by molar-refractivity contribution is 7.22. The van der Waals surface area contributed by atoms with E-state index in [0.717, 1.165) is 15.8 Å². The molecule has 1 heterocycles. The van der Waals surface area contributed by atoms with E-state index in [9.17, 15) is 4.79 Å². The Hall–Kier alpha value is -3.20. The zero-order chi connectivity index (χ0) is 20.3. The van der Waals surface area contributed by atoms with Crippen molar-refractivity contribution in [1.29, 1.82) is 0 Å². The number of carbonyl (C=O) groups is 1. The molecule has 28 heavy (non-hydrogen) atoms. The number of hydrazine groups is 1. The fourth-order valence-electron chi connectivity index (χ4n) is 2.72. The number of aryl methyl sites for hydroxylation is 1. The normalized spacial score (nSPS) is 10.5. The number of methoxy groups -OCH3 is 4.